The molecule has 0 spiro atoms. The maximum Gasteiger partial charge on any atom is 0.161 e. The Balaban J connectivity index is 0. The first-order chi connectivity index (χ1) is 6.72. The van der Waals surface area contributed by atoms with Crippen LogP contribution in [0.3, 0.4) is 0 Å². The molecule has 0 unspecified atom stereocenters. The monoisotopic (exact) mass is 238 g/mol. The second-order valence-electron chi connectivity index (χ2n) is 2.52. The van der Waals surface area contributed by atoms with Crippen LogP contribution in [0.15, 0.2) is 9.98 Å². The van der Waals surface area contributed by atoms with Crippen LogP contribution in [0.1, 0.15) is 0 Å². The Labute approximate surface area is 96.1 Å². The zero-order valence-corrected chi connectivity index (χ0v) is 9.92. The summed E-state index contributed by atoms with van der Waals surface area (Å²) in [5, 5.41) is 0. The summed E-state index contributed by atoms with van der Waals surface area (Å²) in [4.78, 5) is 7.93. The number of methoxy groups -OCH3 is 2. The van der Waals surface area contributed by atoms with Crippen LogP contribution in [0.2, 0.25) is 0 Å². The summed E-state index contributed by atoms with van der Waals surface area (Å²) in [6.45, 7) is 2.02. The van der Waals surface area contributed by atoms with Crippen molar-refractivity contribution in [1.29, 1.82) is 0 Å². The van der Waals surface area contributed by atoms with Crippen molar-refractivity contribution in [3.8, 4) is 0 Å². The summed E-state index contributed by atoms with van der Waals surface area (Å²) in [7, 11) is 3.20. The van der Waals surface area contributed by atoms with Gasteiger partial charge in [-0.2, -0.15) is 0 Å². The maximum absolute atomic E-state index is 5.54. The maximum atomic E-state index is 5.54. The molecule has 0 saturated heterocycles. The average Bonchev–Trinajstić information content (AvgIpc) is 2.18. The van der Waals surface area contributed by atoms with Crippen LogP contribution in [0.4, 0.5) is 0 Å². The molecule has 15 heavy (non-hydrogen) atoms. The highest BCUT2D eigenvalue weighted by molar-refractivity contribution is 6.39. The Morgan fingerprint density at radius 1 is 0.933 bits per heavy atom. The highest BCUT2D eigenvalue weighted by Crippen LogP contribution is 1.78. The Morgan fingerprint density at radius 3 is 1.53 bits per heavy atom. The van der Waals surface area contributed by atoms with Gasteiger partial charge in [-0.05, 0) is 0 Å². The molecule has 0 radical (unpaired) electrons. The molecular formula is C8H19ClN4O2. The molecule has 6 nitrogen and oxygen atoms in total. The lowest BCUT2D eigenvalue weighted by molar-refractivity contribution is 0.207. The van der Waals surface area contributed by atoms with E-state index in [1.807, 2.05) is 0 Å². The number of aliphatic imine (C=N–C) groups is 2. The predicted molar refractivity (Wildman–Crippen MR) is 64.0 cm³/mol. The molecule has 4 N–H and O–H groups in total. The number of halogens is 1. The first kappa shape index (κ1) is 16.6. The molecule has 0 aliphatic rings. The highest BCUT2D eigenvalue weighted by atomic mass is 35.5. The van der Waals surface area contributed by atoms with Gasteiger partial charge in [-0.25, -0.2) is 0 Å². The second kappa shape index (κ2) is 11.2. The van der Waals surface area contributed by atoms with Gasteiger partial charge in [-0.1, -0.05) is 0 Å². The van der Waals surface area contributed by atoms with Gasteiger partial charge in [0, 0.05) is 14.2 Å². The lowest BCUT2D eigenvalue weighted by Gasteiger charge is -2.00. The summed E-state index contributed by atoms with van der Waals surface area (Å²) in [5.41, 5.74) is 11.1. The van der Waals surface area contributed by atoms with Crippen LogP contribution in [0.5, 0.6) is 0 Å². The predicted octanol–water partition coefficient (Wildman–Crippen LogP) is -0.585. The summed E-state index contributed by atoms with van der Waals surface area (Å²) in [6, 6.07) is 0. The molecule has 0 saturated carbocycles. The number of nitrogens with zero attached hydrogens (tertiary/aromatic N) is 2. The van der Waals surface area contributed by atoms with Gasteiger partial charge in [-0.3, -0.25) is 9.98 Å². The van der Waals surface area contributed by atoms with Crippen molar-refractivity contribution in [3.63, 3.8) is 0 Å². The smallest absolute Gasteiger partial charge is 0.161 e. The standard InChI is InChI=1S/C8H18N4O2.ClH/c1-13-5-3-11-7(9)8(10)12-4-6-14-2;/h3-6H2,1-2H3,(H2,9,11)(H2,10,12);1H. The first-order valence-electron chi connectivity index (χ1n) is 4.30. The zero-order chi connectivity index (χ0) is 10.8. The van der Waals surface area contributed by atoms with Crippen molar-refractivity contribution in [2.45, 2.75) is 0 Å². The molecule has 0 aromatic carbocycles. The van der Waals surface area contributed by atoms with E-state index < -0.39 is 0 Å². The van der Waals surface area contributed by atoms with E-state index in [4.69, 9.17) is 20.9 Å². The Kier molecular flexibility index (Phi) is 12.4. The molecule has 0 aromatic heterocycles. The Hall–Kier alpha value is -0.850. The van der Waals surface area contributed by atoms with E-state index >= 15 is 0 Å². The molecule has 0 rings (SSSR count). The third-order valence-electron chi connectivity index (χ3n) is 1.42. The third kappa shape index (κ3) is 9.45. The molecule has 0 atom stereocenters. The second-order valence-corrected chi connectivity index (χ2v) is 2.52. The van der Waals surface area contributed by atoms with Gasteiger partial charge in [0.2, 0.25) is 0 Å². The summed E-state index contributed by atoms with van der Waals surface area (Å²) in [6.07, 6.45) is 0. The van der Waals surface area contributed by atoms with E-state index in [2.05, 4.69) is 9.98 Å². The van der Waals surface area contributed by atoms with Gasteiger partial charge >= 0.3 is 0 Å². The van der Waals surface area contributed by atoms with Crippen LogP contribution in [-0.2, 0) is 9.47 Å². The zero-order valence-electron chi connectivity index (χ0n) is 9.10. The van der Waals surface area contributed by atoms with E-state index in [1.54, 1.807) is 14.2 Å². The SMILES string of the molecule is COCCN=C(N)C(N)=NCCOC.Cl. The van der Waals surface area contributed by atoms with E-state index in [9.17, 15) is 0 Å². The first-order valence-corrected chi connectivity index (χ1v) is 4.30. The van der Waals surface area contributed by atoms with E-state index in [0.29, 0.717) is 26.3 Å². The highest BCUT2D eigenvalue weighted by Gasteiger charge is 1.97. The van der Waals surface area contributed by atoms with Crippen molar-refractivity contribution in [1.82, 2.24) is 0 Å². The third-order valence-corrected chi connectivity index (χ3v) is 1.42. The molecule has 0 fully saturated rings. The number of hydrogen-bond donors (Lipinski definition) is 2. The van der Waals surface area contributed by atoms with Crippen LogP contribution >= 0.6 is 12.4 Å². The number of rotatable bonds is 6. The van der Waals surface area contributed by atoms with E-state index in [1.165, 1.54) is 0 Å². The number of ether oxygens (including phenoxy) is 2. The molecule has 0 amide bonds. The van der Waals surface area contributed by atoms with Gasteiger partial charge < -0.3 is 20.9 Å². The molecule has 0 aliphatic heterocycles. The minimum absolute atomic E-state index is 0. The van der Waals surface area contributed by atoms with Crippen molar-refractivity contribution in [3.05, 3.63) is 0 Å². The van der Waals surface area contributed by atoms with Crippen LogP contribution < -0.4 is 11.5 Å². The summed E-state index contributed by atoms with van der Waals surface area (Å²) in [5.74, 6) is 0.497. The Bertz CT molecular complexity index is 187. The lowest BCUT2D eigenvalue weighted by Crippen LogP contribution is -2.32. The molecule has 0 heterocycles. The molecule has 90 valence electrons. The minimum Gasteiger partial charge on any atom is -0.383 e. The van der Waals surface area contributed by atoms with Crippen LogP contribution in [-0.4, -0.2) is 52.2 Å². The molecule has 0 aliphatic carbocycles. The Morgan fingerprint density at radius 2 is 1.27 bits per heavy atom. The molecular weight excluding hydrogens is 220 g/mol. The molecule has 7 heteroatoms. The summed E-state index contributed by atoms with van der Waals surface area (Å²) >= 11 is 0. The van der Waals surface area contributed by atoms with Gasteiger partial charge in [0.05, 0.1) is 26.3 Å². The summed E-state index contributed by atoms with van der Waals surface area (Å²) < 4.78 is 9.61. The van der Waals surface area contributed by atoms with E-state index in [-0.39, 0.29) is 24.1 Å². The van der Waals surface area contributed by atoms with Crippen molar-refractivity contribution >= 4 is 24.1 Å². The number of nitrogens with two attached hydrogens (primary N) is 2. The van der Waals surface area contributed by atoms with Crippen LogP contribution in [0, 0.1) is 0 Å². The fourth-order valence-electron chi connectivity index (χ4n) is 0.677. The fourth-order valence-corrected chi connectivity index (χ4v) is 0.677. The molecule has 0 bridgehead atoms. The van der Waals surface area contributed by atoms with Gasteiger partial charge in [-0.15, -0.1) is 12.4 Å². The number of hydrogen-bond acceptors (Lipinski definition) is 4. The van der Waals surface area contributed by atoms with Gasteiger partial charge in [0.1, 0.15) is 0 Å². The normalized spacial score (nSPS) is 12.4. The largest absolute Gasteiger partial charge is 0.383 e. The molecule has 0 aromatic rings. The van der Waals surface area contributed by atoms with Crippen molar-refractivity contribution in [2.24, 2.45) is 21.5 Å². The fraction of sp³-hybridized carbons (Fsp3) is 0.750. The van der Waals surface area contributed by atoms with Gasteiger partial charge in [0.25, 0.3) is 0 Å². The van der Waals surface area contributed by atoms with Crippen molar-refractivity contribution < 1.29 is 9.47 Å². The van der Waals surface area contributed by atoms with Crippen LogP contribution in [0.25, 0.3) is 0 Å². The number of amidine groups is 2. The van der Waals surface area contributed by atoms with Crippen molar-refractivity contribution in [2.75, 3.05) is 40.5 Å². The van der Waals surface area contributed by atoms with Gasteiger partial charge in [0.15, 0.2) is 11.7 Å². The average molecular weight is 239 g/mol. The lowest BCUT2D eigenvalue weighted by atomic mass is 10.5. The minimum atomic E-state index is 0. The topological polar surface area (TPSA) is 95.2 Å². The quantitative estimate of drug-likeness (QED) is 0.368. The van der Waals surface area contributed by atoms with E-state index in [0.717, 1.165) is 0 Å².